The van der Waals surface area contributed by atoms with E-state index in [1.165, 1.54) is 0 Å². The first-order valence-corrected chi connectivity index (χ1v) is 7.49. The largest absolute Gasteiger partial charge is 0.496 e. The van der Waals surface area contributed by atoms with Crippen molar-refractivity contribution in [1.82, 2.24) is 10.3 Å². The smallest absolute Gasteiger partial charge is 0.407 e. The van der Waals surface area contributed by atoms with Crippen LogP contribution in [0.5, 0.6) is 5.75 Å². The summed E-state index contributed by atoms with van der Waals surface area (Å²) in [5, 5.41) is 2.83. The number of methoxy groups -OCH3 is 1. The van der Waals surface area contributed by atoms with Crippen molar-refractivity contribution in [3.8, 4) is 5.75 Å². The number of hydrogen-bond donors (Lipinski definition) is 2. The zero-order valence-electron chi connectivity index (χ0n) is 14.1. The zero-order chi connectivity index (χ0) is 16.8. The molecule has 1 rings (SSSR count). The van der Waals surface area contributed by atoms with Gasteiger partial charge in [-0.25, -0.2) is 9.78 Å². The molecule has 0 aliphatic rings. The number of pyridine rings is 1. The number of amides is 1. The number of nitrogens with zero attached hydrogens (tertiary/aromatic N) is 1. The highest BCUT2D eigenvalue weighted by Crippen LogP contribution is 2.21. The van der Waals surface area contributed by atoms with E-state index in [0.717, 1.165) is 30.6 Å². The zero-order valence-corrected chi connectivity index (χ0v) is 14.1. The van der Waals surface area contributed by atoms with Gasteiger partial charge in [0.05, 0.1) is 7.11 Å². The summed E-state index contributed by atoms with van der Waals surface area (Å²) in [6.45, 7) is 7.50. The Balaban J connectivity index is 2.39. The minimum Gasteiger partial charge on any atom is -0.496 e. The van der Waals surface area contributed by atoms with Crippen molar-refractivity contribution in [3.63, 3.8) is 0 Å². The maximum absolute atomic E-state index is 11.7. The Kier molecular flexibility index (Phi) is 6.46. The average molecular weight is 309 g/mol. The van der Waals surface area contributed by atoms with Gasteiger partial charge in [-0.15, -0.1) is 0 Å². The highest BCUT2D eigenvalue weighted by molar-refractivity contribution is 5.68. The fourth-order valence-electron chi connectivity index (χ4n) is 2.04. The number of nitrogens with one attached hydrogen (secondary N) is 1. The summed E-state index contributed by atoms with van der Waals surface area (Å²) in [4.78, 5) is 15.7. The second kappa shape index (κ2) is 7.87. The third-order valence-corrected chi connectivity index (χ3v) is 3.03. The normalized spacial score (nSPS) is 12.6. The standard InChI is InChI=1S/C16H27N3O3/c1-11(19-15(20)22-16(2,3)4)7-6-8-12-10-18-14(17)9-13(12)21-5/h9-11H,6-8H2,1-5H3,(H2,17,18)(H,19,20)/t11-/m0/s1. The van der Waals surface area contributed by atoms with Gasteiger partial charge in [0.2, 0.25) is 0 Å². The SMILES string of the molecule is COc1cc(N)ncc1CCC[C@H](C)NC(=O)OC(C)(C)C. The number of nitrogen functional groups attached to an aromatic ring is 1. The first kappa shape index (κ1) is 18.1. The molecule has 0 aliphatic carbocycles. The van der Waals surface area contributed by atoms with Crippen LogP contribution >= 0.6 is 0 Å². The van der Waals surface area contributed by atoms with Crippen LogP contribution in [0.1, 0.15) is 46.1 Å². The quantitative estimate of drug-likeness (QED) is 0.843. The van der Waals surface area contributed by atoms with E-state index in [4.69, 9.17) is 15.2 Å². The molecule has 0 radical (unpaired) electrons. The number of alkyl carbamates (subject to hydrolysis) is 1. The van der Waals surface area contributed by atoms with Crippen LogP contribution < -0.4 is 15.8 Å². The molecule has 22 heavy (non-hydrogen) atoms. The van der Waals surface area contributed by atoms with E-state index in [9.17, 15) is 4.79 Å². The van der Waals surface area contributed by atoms with E-state index in [2.05, 4.69) is 10.3 Å². The van der Waals surface area contributed by atoms with Crippen molar-refractivity contribution >= 4 is 11.9 Å². The number of rotatable bonds is 6. The van der Waals surface area contributed by atoms with Crippen LogP contribution in [-0.4, -0.2) is 29.8 Å². The van der Waals surface area contributed by atoms with Crippen molar-refractivity contribution in [2.75, 3.05) is 12.8 Å². The summed E-state index contributed by atoms with van der Waals surface area (Å²) in [5.74, 6) is 1.20. The molecule has 0 unspecified atom stereocenters. The molecule has 0 spiro atoms. The predicted molar refractivity (Wildman–Crippen MR) is 87.0 cm³/mol. The Bertz CT molecular complexity index is 498. The summed E-state index contributed by atoms with van der Waals surface area (Å²) in [5.41, 5.74) is 6.17. The number of ether oxygens (including phenoxy) is 2. The number of carbonyl (C=O) groups excluding carboxylic acids is 1. The molecule has 1 atom stereocenters. The van der Waals surface area contributed by atoms with Gasteiger partial charge in [-0.3, -0.25) is 0 Å². The van der Waals surface area contributed by atoms with Gasteiger partial charge in [0.1, 0.15) is 17.2 Å². The molecular formula is C16H27N3O3. The fraction of sp³-hybridized carbons (Fsp3) is 0.625. The van der Waals surface area contributed by atoms with Gasteiger partial charge >= 0.3 is 6.09 Å². The van der Waals surface area contributed by atoms with E-state index in [1.807, 2.05) is 27.7 Å². The molecule has 0 aliphatic heterocycles. The van der Waals surface area contributed by atoms with E-state index < -0.39 is 5.60 Å². The molecule has 0 fully saturated rings. The van der Waals surface area contributed by atoms with Gasteiger partial charge < -0.3 is 20.5 Å². The van der Waals surface area contributed by atoms with Crippen LogP contribution in [0.3, 0.4) is 0 Å². The van der Waals surface area contributed by atoms with E-state index >= 15 is 0 Å². The summed E-state index contributed by atoms with van der Waals surface area (Å²) in [7, 11) is 1.62. The van der Waals surface area contributed by atoms with E-state index in [-0.39, 0.29) is 12.1 Å². The van der Waals surface area contributed by atoms with Crippen molar-refractivity contribution < 1.29 is 14.3 Å². The second-order valence-electron chi connectivity index (χ2n) is 6.36. The predicted octanol–water partition coefficient (Wildman–Crippen LogP) is 2.91. The summed E-state index contributed by atoms with van der Waals surface area (Å²) in [6, 6.07) is 1.76. The Morgan fingerprint density at radius 1 is 1.45 bits per heavy atom. The molecule has 124 valence electrons. The lowest BCUT2D eigenvalue weighted by Crippen LogP contribution is -2.37. The van der Waals surface area contributed by atoms with Crippen molar-refractivity contribution in [1.29, 1.82) is 0 Å². The van der Waals surface area contributed by atoms with Crippen LogP contribution in [-0.2, 0) is 11.2 Å². The van der Waals surface area contributed by atoms with Crippen LogP contribution in [0.4, 0.5) is 10.6 Å². The van der Waals surface area contributed by atoms with Gasteiger partial charge in [-0.1, -0.05) is 0 Å². The molecule has 0 saturated heterocycles. The molecule has 0 bridgehead atoms. The van der Waals surface area contributed by atoms with Gasteiger partial charge in [-0.05, 0) is 47.0 Å². The molecule has 6 nitrogen and oxygen atoms in total. The number of nitrogens with two attached hydrogens (primary N) is 1. The van der Waals surface area contributed by atoms with Gasteiger partial charge in [0.15, 0.2) is 0 Å². The lowest BCUT2D eigenvalue weighted by Gasteiger charge is -2.22. The summed E-state index contributed by atoms with van der Waals surface area (Å²) in [6.07, 6.45) is 3.91. The van der Waals surface area contributed by atoms with Crippen LogP contribution in [0, 0.1) is 0 Å². The van der Waals surface area contributed by atoms with Crippen molar-refractivity contribution in [2.45, 2.75) is 58.6 Å². The number of aromatic nitrogens is 1. The first-order chi connectivity index (χ1) is 10.2. The Hall–Kier alpha value is -1.98. The third kappa shape index (κ3) is 6.65. The van der Waals surface area contributed by atoms with Gasteiger partial charge in [0.25, 0.3) is 0 Å². The van der Waals surface area contributed by atoms with Crippen LogP contribution in [0.2, 0.25) is 0 Å². The molecule has 0 aromatic carbocycles. The highest BCUT2D eigenvalue weighted by Gasteiger charge is 2.17. The third-order valence-electron chi connectivity index (χ3n) is 3.03. The van der Waals surface area contributed by atoms with Crippen molar-refractivity contribution in [3.05, 3.63) is 17.8 Å². The highest BCUT2D eigenvalue weighted by atomic mass is 16.6. The molecule has 1 amide bonds. The number of aryl methyl sites for hydroxylation is 1. The molecule has 0 saturated carbocycles. The molecule has 3 N–H and O–H groups in total. The fourth-order valence-corrected chi connectivity index (χ4v) is 2.04. The molecule has 1 aromatic heterocycles. The van der Waals surface area contributed by atoms with Crippen LogP contribution in [0.15, 0.2) is 12.3 Å². The van der Waals surface area contributed by atoms with Gasteiger partial charge in [0, 0.05) is 23.9 Å². The Labute approximate surface area is 132 Å². The van der Waals surface area contributed by atoms with Crippen molar-refractivity contribution in [2.24, 2.45) is 0 Å². The first-order valence-electron chi connectivity index (χ1n) is 7.49. The maximum Gasteiger partial charge on any atom is 0.407 e. The monoisotopic (exact) mass is 309 g/mol. The Morgan fingerprint density at radius 3 is 2.73 bits per heavy atom. The molecule has 6 heteroatoms. The maximum atomic E-state index is 11.7. The topological polar surface area (TPSA) is 86.5 Å². The molecule has 1 heterocycles. The number of anilines is 1. The molecule has 1 aromatic rings. The minimum atomic E-state index is -0.479. The second-order valence-corrected chi connectivity index (χ2v) is 6.36. The average Bonchev–Trinajstić information content (AvgIpc) is 2.37. The van der Waals surface area contributed by atoms with E-state index in [1.54, 1.807) is 19.4 Å². The van der Waals surface area contributed by atoms with Crippen LogP contribution in [0.25, 0.3) is 0 Å². The Morgan fingerprint density at radius 2 is 2.14 bits per heavy atom. The summed E-state index contributed by atoms with van der Waals surface area (Å²) >= 11 is 0. The lowest BCUT2D eigenvalue weighted by molar-refractivity contribution is 0.0506. The molecular weight excluding hydrogens is 282 g/mol. The number of carbonyl (C=O) groups is 1. The summed E-state index contributed by atoms with van der Waals surface area (Å²) < 4.78 is 10.5. The van der Waals surface area contributed by atoms with E-state index in [0.29, 0.717) is 5.82 Å². The van der Waals surface area contributed by atoms with Gasteiger partial charge in [-0.2, -0.15) is 0 Å². The number of hydrogen-bond acceptors (Lipinski definition) is 5. The minimum absolute atomic E-state index is 0.0441. The lowest BCUT2D eigenvalue weighted by atomic mass is 10.1.